The average Bonchev–Trinajstić information content (AvgIpc) is 2.16. The van der Waals surface area contributed by atoms with Crippen molar-refractivity contribution in [3.05, 3.63) is 28.5 Å². The van der Waals surface area contributed by atoms with Gasteiger partial charge in [-0.3, -0.25) is 0 Å². The number of halogens is 3. The molecule has 102 valence electrons. The van der Waals surface area contributed by atoms with Crippen molar-refractivity contribution < 1.29 is 17.5 Å². The Balaban J connectivity index is 2.67. The Morgan fingerprint density at radius 1 is 1.44 bits per heavy atom. The van der Waals surface area contributed by atoms with Crippen LogP contribution in [-0.4, -0.2) is 20.8 Å². The fourth-order valence-corrected chi connectivity index (χ4v) is 3.61. The lowest BCUT2D eigenvalue weighted by atomic mass is 9.98. The van der Waals surface area contributed by atoms with Crippen molar-refractivity contribution in [2.24, 2.45) is 5.41 Å². The molecule has 0 N–H and O–H groups in total. The monoisotopic (exact) mass is 358 g/mol. The fourth-order valence-electron chi connectivity index (χ4n) is 1.35. The highest BCUT2D eigenvalue weighted by atomic mass is 79.9. The molecule has 0 aromatic heterocycles. The molecule has 0 aliphatic carbocycles. The van der Waals surface area contributed by atoms with E-state index in [1.54, 1.807) is 13.8 Å². The van der Waals surface area contributed by atoms with Crippen molar-refractivity contribution in [2.75, 3.05) is 12.4 Å². The second-order valence-corrected chi connectivity index (χ2v) is 8.34. The Morgan fingerprint density at radius 3 is 2.56 bits per heavy atom. The number of hydrogen-bond acceptors (Lipinski definition) is 3. The minimum absolute atomic E-state index is 0.164. The first-order valence-electron chi connectivity index (χ1n) is 5.09. The van der Waals surface area contributed by atoms with Crippen LogP contribution in [0.5, 0.6) is 5.75 Å². The molecule has 0 amide bonds. The SMILES string of the molecule is CC(C)(COc1ccc(F)c(Br)c1)CS(=O)(=O)Cl. The van der Waals surface area contributed by atoms with E-state index >= 15 is 0 Å². The van der Waals surface area contributed by atoms with Crippen LogP contribution in [0.25, 0.3) is 0 Å². The third-order valence-corrected chi connectivity index (χ3v) is 4.15. The van der Waals surface area contributed by atoms with Crippen molar-refractivity contribution in [3.8, 4) is 5.75 Å². The fraction of sp³-hybridized carbons (Fsp3) is 0.455. The number of benzene rings is 1. The quantitative estimate of drug-likeness (QED) is 0.755. The predicted molar refractivity (Wildman–Crippen MR) is 73.0 cm³/mol. The van der Waals surface area contributed by atoms with Gasteiger partial charge in [-0.15, -0.1) is 0 Å². The summed E-state index contributed by atoms with van der Waals surface area (Å²) in [4.78, 5) is 0. The standard InChI is InChI=1S/C11H13BrClFO3S/c1-11(2,7-18(13,15)16)6-17-8-3-4-10(14)9(12)5-8/h3-5H,6-7H2,1-2H3. The van der Waals surface area contributed by atoms with E-state index < -0.39 is 14.5 Å². The molecule has 0 radical (unpaired) electrons. The zero-order valence-electron chi connectivity index (χ0n) is 9.91. The first kappa shape index (κ1) is 15.7. The molecule has 0 bridgehead atoms. The van der Waals surface area contributed by atoms with E-state index in [0.717, 1.165) is 0 Å². The van der Waals surface area contributed by atoms with Gasteiger partial charge in [-0.1, -0.05) is 13.8 Å². The van der Waals surface area contributed by atoms with Gasteiger partial charge in [-0.2, -0.15) is 0 Å². The molecule has 3 nitrogen and oxygen atoms in total. The molecule has 0 fully saturated rings. The highest BCUT2D eigenvalue weighted by molar-refractivity contribution is 9.10. The third-order valence-electron chi connectivity index (χ3n) is 2.08. The maximum Gasteiger partial charge on any atom is 0.233 e. The smallest absolute Gasteiger partial charge is 0.233 e. The summed E-state index contributed by atoms with van der Waals surface area (Å²) in [7, 11) is 1.63. The van der Waals surface area contributed by atoms with E-state index in [9.17, 15) is 12.8 Å². The first-order valence-corrected chi connectivity index (χ1v) is 8.36. The van der Waals surface area contributed by atoms with Crippen LogP contribution in [0.3, 0.4) is 0 Å². The van der Waals surface area contributed by atoms with Gasteiger partial charge in [0.25, 0.3) is 0 Å². The molecule has 1 aromatic rings. The number of hydrogen-bond donors (Lipinski definition) is 0. The van der Waals surface area contributed by atoms with Gasteiger partial charge in [-0.05, 0) is 34.1 Å². The van der Waals surface area contributed by atoms with E-state index in [0.29, 0.717) is 10.2 Å². The Hall–Kier alpha value is -0.330. The van der Waals surface area contributed by atoms with E-state index in [4.69, 9.17) is 15.4 Å². The zero-order chi connectivity index (χ0) is 14.0. The van der Waals surface area contributed by atoms with Crippen LogP contribution in [0, 0.1) is 11.2 Å². The molecule has 0 atom stereocenters. The molecule has 0 saturated carbocycles. The molecule has 0 aliphatic heterocycles. The maximum atomic E-state index is 13.0. The van der Waals surface area contributed by atoms with Crippen molar-refractivity contribution in [1.82, 2.24) is 0 Å². The Labute approximate surface area is 119 Å². The minimum Gasteiger partial charge on any atom is -0.493 e. The van der Waals surface area contributed by atoms with Gasteiger partial charge in [0.2, 0.25) is 9.05 Å². The molecule has 7 heteroatoms. The first-order chi connectivity index (χ1) is 8.09. The van der Waals surface area contributed by atoms with Crippen molar-refractivity contribution >= 4 is 35.7 Å². The molecule has 0 unspecified atom stereocenters. The van der Waals surface area contributed by atoms with Gasteiger partial charge >= 0.3 is 0 Å². The largest absolute Gasteiger partial charge is 0.493 e. The van der Waals surface area contributed by atoms with Crippen molar-refractivity contribution in [3.63, 3.8) is 0 Å². The lowest BCUT2D eigenvalue weighted by Gasteiger charge is -2.23. The van der Waals surface area contributed by atoms with Crippen molar-refractivity contribution in [1.29, 1.82) is 0 Å². The summed E-state index contributed by atoms with van der Waals surface area (Å²) < 4.78 is 40.7. The molecule has 0 saturated heterocycles. The number of ether oxygens (including phenoxy) is 1. The van der Waals surface area contributed by atoms with E-state index in [2.05, 4.69) is 15.9 Å². The summed E-state index contributed by atoms with van der Waals surface area (Å²) in [6.07, 6.45) is 0. The van der Waals surface area contributed by atoms with Crippen LogP contribution < -0.4 is 4.74 Å². The highest BCUT2D eigenvalue weighted by Gasteiger charge is 2.26. The average molecular weight is 360 g/mol. The van der Waals surface area contributed by atoms with Crippen LogP contribution in [0.15, 0.2) is 22.7 Å². The van der Waals surface area contributed by atoms with Gasteiger partial charge in [0.1, 0.15) is 11.6 Å². The van der Waals surface area contributed by atoms with Crippen LogP contribution >= 0.6 is 26.6 Å². The van der Waals surface area contributed by atoms with Crippen LogP contribution in [0.1, 0.15) is 13.8 Å². The van der Waals surface area contributed by atoms with Crippen molar-refractivity contribution in [2.45, 2.75) is 13.8 Å². The van der Waals surface area contributed by atoms with Gasteiger partial charge in [0.15, 0.2) is 0 Å². The maximum absolute atomic E-state index is 13.0. The minimum atomic E-state index is -3.58. The Bertz CT molecular complexity index is 531. The summed E-state index contributed by atoms with van der Waals surface area (Å²) in [5.41, 5.74) is -0.624. The summed E-state index contributed by atoms with van der Waals surface area (Å²) in [6, 6.07) is 4.23. The highest BCUT2D eigenvalue weighted by Crippen LogP contribution is 2.25. The van der Waals surface area contributed by atoms with Crippen LogP contribution in [-0.2, 0) is 9.05 Å². The Morgan fingerprint density at radius 2 is 2.06 bits per heavy atom. The molecular weight excluding hydrogens is 347 g/mol. The second-order valence-electron chi connectivity index (χ2n) is 4.71. The molecule has 0 aliphatic rings. The lowest BCUT2D eigenvalue weighted by Crippen LogP contribution is -2.28. The van der Waals surface area contributed by atoms with Gasteiger partial charge in [0.05, 0.1) is 16.8 Å². The predicted octanol–water partition coefficient (Wildman–Crippen LogP) is 3.56. The lowest BCUT2D eigenvalue weighted by molar-refractivity contribution is 0.200. The normalized spacial score (nSPS) is 12.5. The zero-order valence-corrected chi connectivity index (χ0v) is 13.1. The van der Waals surface area contributed by atoms with Gasteiger partial charge in [0, 0.05) is 16.1 Å². The summed E-state index contributed by atoms with van der Waals surface area (Å²) in [6.45, 7) is 3.62. The summed E-state index contributed by atoms with van der Waals surface area (Å²) >= 11 is 3.04. The number of rotatable bonds is 5. The van der Waals surface area contributed by atoms with Gasteiger partial charge in [-0.25, -0.2) is 12.8 Å². The molecule has 0 spiro atoms. The summed E-state index contributed by atoms with van der Waals surface area (Å²) in [5, 5.41) is 0. The van der Waals surface area contributed by atoms with E-state index in [1.165, 1.54) is 18.2 Å². The van der Waals surface area contributed by atoms with Crippen LogP contribution in [0.4, 0.5) is 4.39 Å². The van der Waals surface area contributed by atoms with E-state index in [-0.39, 0.29) is 18.2 Å². The molecule has 0 heterocycles. The topological polar surface area (TPSA) is 43.4 Å². The molecule has 1 aromatic carbocycles. The molecular formula is C11H13BrClFO3S. The van der Waals surface area contributed by atoms with Crippen LogP contribution in [0.2, 0.25) is 0 Å². The molecule has 18 heavy (non-hydrogen) atoms. The van der Waals surface area contributed by atoms with E-state index in [1.807, 2.05) is 0 Å². The molecule has 1 rings (SSSR count). The van der Waals surface area contributed by atoms with Gasteiger partial charge < -0.3 is 4.74 Å². The summed E-state index contributed by atoms with van der Waals surface area (Å²) in [5.74, 6) is -0.113. The third kappa shape index (κ3) is 5.54. The Kier molecular flexibility index (Phi) is 5.03. The second kappa shape index (κ2) is 5.75.